The van der Waals surface area contributed by atoms with Crippen molar-refractivity contribution in [3.63, 3.8) is 0 Å². The van der Waals surface area contributed by atoms with Crippen LogP contribution in [0.5, 0.6) is 0 Å². The van der Waals surface area contributed by atoms with Gasteiger partial charge in [-0.05, 0) is 37.9 Å². The van der Waals surface area contributed by atoms with Crippen molar-refractivity contribution in [2.45, 2.75) is 64.7 Å². The second-order valence-electron chi connectivity index (χ2n) is 5.12. The predicted octanol–water partition coefficient (Wildman–Crippen LogP) is 4.10. The Labute approximate surface area is 115 Å². The van der Waals surface area contributed by atoms with Crippen LogP contribution in [0.15, 0.2) is 12.1 Å². The summed E-state index contributed by atoms with van der Waals surface area (Å²) in [6.45, 7) is 5.11. The van der Waals surface area contributed by atoms with Crippen LogP contribution in [0, 0.1) is 0 Å². The maximum Gasteiger partial charge on any atom is 0.0813 e. The number of rotatable bonds is 7. The average molecular weight is 267 g/mol. The number of hydrogen-bond acceptors (Lipinski definition) is 3. The lowest BCUT2D eigenvalue weighted by Gasteiger charge is -2.21. The van der Waals surface area contributed by atoms with Gasteiger partial charge in [-0.3, -0.25) is 0 Å². The van der Waals surface area contributed by atoms with E-state index in [1.54, 1.807) is 0 Å². The van der Waals surface area contributed by atoms with E-state index in [9.17, 15) is 0 Å². The van der Waals surface area contributed by atoms with Gasteiger partial charge in [0.25, 0.3) is 0 Å². The maximum absolute atomic E-state index is 6.00. The second-order valence-corrected chi connectivity index (χ2v) is 6.37. The summed E-state index contributed by atoms with van der Waals surface area (Å²) in [5, 5.41) is 3.44. The van der Waals surface area contributed by atoms with Crippen LogP contribution in [-0.2, 0) is 17.9 Å². The topological polar surface area (TPSA) is 21.3 Å². The highest BCUT2D eigenvalue weighted by atomic mass is 32.1. The van der Waals surface area contributed by atoms with Crippen molar-refractivity contribution in [1.82, 2.24) is 5.32 Å². The zero-order valence-corrected chi connectivity index (χ0v) is 12.2. The second kappa shape index (κ2) is 7.93. The Kier molecular flexibility index (Phi) is 6.18. The van der Waals surface area contributed by atoms with Crippen LogP contribution in [0.1, 0.15) is 55.2 Å². The van der Waals surface area contributed by atoms with E-state index in [1.165, 1.54) is 48.3 Å². The Morgan fingerprint density at radius 3 is 2.78 bits per heavy atom. The standard InChI is InChI=1S/C15H25NOS/c1-2-10-16-11-14-8-9-15(18-14)12-17-13-6-4-3-5-7-13/h8-9,13,16H,2-7,10-12H2,1H3. The van der Waals surface area contributed by atoms with Gasteiger partial charge in [-0.25, -0.2) is 0 Å². The van der Waals surface area contributed by atoms with Crippen LogP contribution in [0.25, 0.3) is 0 Å². The molecule has 2 nitrogen and oxygen atoms in total. The fourth-order valence-electron chi connectivity index (χ4n) is 2.42. The molecule has 1 aromatic heterocycles. The third kappa shape index (κ3) is 4.71. The molecule has 1 aromatic rings. The minimum Gasteiger partial charge on any atom is -0.373 e. The molecule has 3 heteroatoms. The summed E-state index contributed by atoms with van der Waals surface area (Å²) in [5.74, 6) is 0. The molecule has 1 aliphatic rings. The third-order valence-electron chi connectivity index (χ3n) is 3.46. The Morgan fingerprint density at radius 1 is 1.22 bits per heavy atom. The number of nitrogens with one attached hydrogen (secondary N) is 1. The molecule has 0 spiro atoms. The van der Waals surface area contributed by atoms with Gasteiger partial charge in [0.15, 0.2) is 0 Å². The van der Waals surface area contributed by atoms with E-state index in [4.69, 9.17) is 4.74 Å². The molecule has 0 unspecified atom stereocenters. The van der Waals surface area contributed by atoms with Gasteiger partial charge in [0.1, 0.15) is 0 Å². The van der Waals surface area contributed by atoms with Gasteiger partial charge in [-0.15, -0.1) is 11.3 Å². The highest BCUT2D eigenvalue weighted by Gasteiger charge is 2.13. The zero-order valence-electron chi connectivity index (χ0n) is 11.4. The van der Waals surface area contributed by atoms with E-state index in [2.05, 4.69) is 24.4 Å². The first-order valence-electron chi connectivity index (χ1n) is 7.28. The highest BCUT2D eigenvalue weighted by Crippen LogP contribution is 2.23. The van der Waals surface area contributed by atoms with Crippen molar-refractivity contribution in [3.8, 4) is 0 Å². The average Bonchev–Trinajstić information content (AvgIpc) is 2.86. The summed E-state index contributed by atoms with van der Waals surface area (Å²) < 4.78 is 6.00. The molecule has 0 aliphatic heterocycles. The zero-order chi connectivity index (χ0) is 12.6. The fraction of sp³-hybridized carbons (Fsp3) is 0.733. The lowest BCUT2D eigenvalue weighted by Crippen LogP contribution is -2.15. The quantitative estimate of drug-likeness (QED) is 0.751. The van der Waals surface area contributed by atoms with Crippen molar-refractivity contribution >= 4 is 11.3 Å². The summed E-state index contributed by atoms with van der Waals surface area (Å²) in [6, 6.07) is 4.45. The van der Waals surface area contributed by atoms with Gasteiger partial charge >= 0.3 is 0 Å². The summed E-state index contributed by atoms with van der Waals surface area (Å²) in [6.07, 6.45) is 8.33. The third-order valence-corrected chi connectivity index (χ3v) is 4.52. The van der Waals surface area contributed by atoms with Gasteiger partial charge in [-0.1, -0.05) is 26.2 Å². The summed E-state index contributed by atoms with van der Waals surface area (Å²) in [5.41, 5.74) is 0. The largest absolute Gasteiger partial charge is 0.373 e. The molecular weight excluding hydrogens is 242 g/mol. The van der Waals surface area contributed by atoms with E-state index >= 15 is 0 Å². The maximum atomic E-state index is 6.00. The van der Waals surface area contributed by atoms with Gasteiger partial charge in [0, 0.05) is 16.3 Å². The minimum atomic E-state index is 0.516. The first kappa shape index (κ1) is 14.0. The Balaban J connectivity index is 1.69. The smallest absolute Gasteiger partial charge is 0.0813 e. The molecule has 0 saturated heterocycles. The highest BCUT2D eigenvalue weighted by molar-refractivity contribution is 7.11. The normalized spacial score (nSPS) is 17.2. The van der Waals surface area contributed by atoms with Crippen LogP contribution in [0.2, 0.25) is 0 Å². The molecule has 1 saturated carbocycles. The number of ether oxygens (including phenoxy) is 1. The van der Waals surface area contributed by atoms with Gasteiger partial charge in [0.05, 0.1) is 12.7 Å². The van der Waals surface area contributed by atoms with E-state index in [-0.39, 0.29) is 0 Å². The molecular formula is C15H25NOS. The summed E-state index contributed by atoms with van der Waals surface area (Å²) in [7, 11) is 0. The van der Waals surface area contributed by atoms with Crippen molar-refractivity contribution < 1.29 is 4.74 Å². The van der Waals surface area contributed by atoms with Crippen molar-refractivity contribution in [1.29, 1.82) is 0 Å². The molecule has 0 bridgehead atoms. The Morgan fingerprint density at radius 2 is 2.00 bits per heavy atom. The SMILES string of the molecule is CCCNCc1ccc(COC2CCCCC2)s1. The van der Waals surface area contributed by atoms with Crippen molar-refractivity contribution in [3.05, 3.63) is 21.9 Å². The molecule has 0 atom stereocenters. The van der Waals surface area contributed by atoms with E-state index in [0.717, 1.165) is 19.7 Å². The van der Waals surface area contributed by atoms with E-state index in [1.807, 2.05) is 11.3 Å². The molecule has 1 heterocycles. The number of hydrogen-bond donors (Lipinski definition) is 1. The van der Waals surface area contributed by atoms with Gasteiger partial charge in [-0.2, -0.15) is 0 Å². The Bertz CT molecular complexity index is 331. The fourth-order valence-corrected chi connectivity index (χ4v) is 3.33. The van der Waals surface area contributed by atoms with Gasteiger partial charge < -0.3 is 10.1 Å². The monoisotopic (exact) mass is 267 g/mol. The first-order chi connectivity index (χ1) is 8.88. The number of thiophene rings is 1. The minimum absolute atomic E-state index is 0.516. The lowest BCUT2D eigenvalue weighted by atomic mass is 9.98. The summed E-state index contributed by atoms with van der Waals surface area (Å²) in [4.78, 5) is 2.79. The first-order valence-corrected chi connectivity index (χ1v) is 8.10. The molecule has 2 rings (SSSR count). The van der Waals surface area contributed by atoms with Crippen molar-refractivity contribution in [2.24, 2.45) is 0 Å². The van der Waals surface area contributed by atoms with Crippen LogP contribution in [0.3, 0.4) is 0 Å². The molecule has 0 radical (unpaired) electrons. The lowest BCUT2D eigenvalue weighted by molar-refractivity contribution is 0.0182. The molecule has 0 aromatic carbocycles. The Hall–Kier alpha value is -0.380. The van der Waals surface area contributed by atoms with Crippen LogP contribution in [0.4, 0.5) is 0 Å². The molecule has 1 N–H and O–H groups in total. The van der Waals surface area contributed by atoms with Crippen LogP contribution in [-0.4, -0.2) is 12.6 Å². The molecule has 1 aliphatic carbocycles. The van der Waals surface area contributed by atoms with E-state index in [0.29, 0.717) is 6.10 Å². The van der Waals surface area contributed by atoms with Crippen LogP contribution >= 0.6 is 11.3 Å². The predicted molar refractivity (Wildman–Crippen MR) is 78.0 cm³/mol. The summed E-state index contributed by atoms with van der Waals surface area (Å²) >= 11 is 1.88. The molecule has 1 fully saturated rings. The van der Waals surface area contributed by atoms with Gasteiger partial charge in [0.2, 0.25) is 0 Å². The van der Waals surface area contributed by atoms with E-state index < -0.39 is 0 Å². The molecule has 18 heavy (non-hydrogen) atoms. The molecule has 102 valence electrons. The molecule has 0 amide bonds. The van der Waals surface area contributed by atoms with Crippen LogP contribution < -0.4 is 5.32 Å². The van der Waals surface area contributed by atoms with Crippen molar-refractivity contribution in [2.75, 3.05) is 6.54 Å².